The molecule has 0 saturated heterocycles. The van der Waals surface area contributed by atoms with Gasteiger partial charge in [-0.2, -0.15) is 11.8 Å². The lowest BCUT2D eigenvalue weighted by molar-refractivity contribution is 0.0702. The molecule has 2 N–H and O–H groups in total. The molecule has 0 aliphatic heterocycles. The van der Waals surface area contributed by atoms with Gasteiger partial charge in [0.1, 0.15) is 4.88 Å². The third-order valence-electron chi connectivity index (χ3n) is 2.30. The number of hydrogen-bond donors (Lipinski definition) is 2. The van der Waals surface area contributed by atoms with Crippen LogP contribution in [0.15, 0.2) is 12.1 Å². The quantitative estimate of drug-likeness (QED) is 0.790. The van der Waals surface area contributed by atoms with Crippen LogP contribution in [0.4, 0.5) is 0 Å². The summed E-state index contributed by atoms with van der Waals surface area (Å²) in [5.74, 6) is 0.251. The highest BCUT2D eigenvalue weighted by atomic mass is 32.2. The molecular weight excluding hydrogens is 242 g/mol. The first kappa shape index (κ1) is 13.5. The fraction of sp³-hybridized carbons (Fsp3) is 0.545. The van der Waals surface area contributed by atoms with Crippen molar-refractivity contribution < 1.29 is 9.90 Å². The number of carbonyl (C=O) groups is 1. The number of hydrogen-bond acceptors (Lipinski definition) is 4. The van der Waals surface area contributed by atoms with E-state index in [-0.39, 0.29) is 0 Å². The molecule has 0 spiro atoms. The molecule has 1 unspecified atom stereocenters. The second-order valence-corrected chi connectivity index (χ2v) is 5.59. The van der Waals surface area contributed by atoms with Crippen LogP contribution in [0.25, 0.3) is 0 Å². The molecule has 1 atom stereocenters. The van der Waals surface area contributed by atoms with Gasteiger partial charge >= 0.3 is 5.97 Å². The number of thioether (sulfide) groups is 1. The van der Waals surface area contributed by atoms with Crippen LogP contribution in [0.1, 0.15) is 27.9 Å². The number of nitrogens with one attached hydrogen (secondary N) is 1. The van der Waals surface area contributed by atoms with Crippen molar-refractivity contribution in [1.29, 1.82) is 0 Å². The highest BCUT2D eigenvalue weighted by molar-refractivity contribution is 7.98. The highest BCUT2D eigenvalue weighted by Gasteiger charge is 2.08. The van der Waals surface area contributed by atoms with Crippen LogP contribution in [0.2, 0.25) is 0 Å². The zero-order chi connectivity index (χ0) is 12.0. The maximum absolute atomic E-state index is 10.7. The fourth-order valence-electron chi connectivity index (χ4n) is 1.36. The Kier molecular flexibility index (Phi) is 5.87. The van der Waals surface area contributed by atoms with Crippen LogP contribution in [0.3, 0.4) is 0 Å². The van der Waals surface area contributed by atoms with Gasteiger partial charge in [0.05, 0.1) is 0 Å². The topological polar surface area (TPSA) is 49.3 Å². The van der Waals surface area contributed by atoms with E-state index in [4.69, 9.17) is 5.11 Å². The van der Waals surface area contributed by atoms with Crippen molar-refractivity contribution in [2.24, 2.45) is 0 Å². The Hall–Kier alpha value is -0.520. The van der Waals surface area contributed by atoms with Gasteiger partial charge in [-0.3, -0.25) is 0 Å². The van der Waals surface area contributed by atoms with Crippen LogP contribution in [0, 0.1) is 0 Å². The van der Waals surface area contributed by atoms with Crippen molar-refractivity contribution in [3.8, 4) is 0 Å². The summed E-state index contributed by atoms with van der Waals surface area (Å²) < 4.78 is 0. The highest BCUT2D eigenvalue weighted by Crippen LogP contribution is 2.16. The molecule has 90 valence electrons. The molecule has 0 bridgehead atoms. The molecule has 3 nitrogen and oxygen atoms in total. The van der Waals surface area contributed by atoms with E-state index in [1.165, 1.54) is 11.3 Å². The summed E-state index contributed by atoms with van der Waals surface area (Å²) in [6, 6.07) is 4.05. The van der Waals surface area contributed by atoms with E-state index in [9.17, 15) is 4.79 Å². The molecule has 0 saturated carbocycles. The molecule has 5 heteroatoms. The van der Waals surface area contributed by atoms with Crippen molar-refractivity contribution in [2.75, 3.05) is 12.0 Å². The van der Waals surface area contributed by atoms with Gasteiger partial charge in [0.2, 0.25) is 0 Å². The predicted octanol–water partition coefficient (Wildman–Crippen LogP) is 2.68. The second kappa shape index (κ2) is 6.93. The summed E-state index contributed by atoms with van der Waals surface area (Å²) in [6.07, 6.45) is 3.19. The minimum atomic E-state index is -0.840. The zero-order valence-electron chi connectivity index (χ0n) is 9.53. The lowest BCUT2D eigenvalue weighted by Gasteiger charge is -2.14. The third kappa shape index (κ3) is 4.15. The van der Waals surface area contributed by atoms with Gasteiger partial charge < -0.3 is 10.4 Å². The molecule has 1 rings (SSSR count). The van der Waals surface area contributed by atoms with E-state index in [0.29, 0.717) is 10.9 Å². The molecule has 1 heterocycles. The van der Waals surface area contributed by atoms with Gasteiger partial charge in [-0.25, -0.2) is 4.79 Å². The van der Waals surface area contributed by atoms with E-state index in [0.717, 1.165) is 23.6 Å². The van der Waals surface area contributed by atoms with E-state index in [1.54, 1.807) is 6.07 Å². The molecule has 1 aromatic rings. The second-order valence-electron chi connectivity index (χ2n) is 3.51. The van der Waals surface area contributed by atoms with E-state index in [2.05, 4.69) is 18.5 Å². The smallest absolute Gasteiger partial charge is 0.345 e. The van der Waals surface area contributed by atoms with Crippen molar-refractivity contribution in [3.05, 3.63) is 21.9 Å². The molecule has 1 aromatic heterocycles. The molecule has 0 aromatic carbocycles. The summed E-state index contributed by atoms with van der Waals surface area (Å²) in [6.45, 7) is 2.92. The summed E-state index contributed by atoms with van der Waals surface area (Å²) in [7, 11) is 0. The van der Waals surface area contributed by atoms with Crippen LogP contribution in [-0.4, -0.2) is 29.1 Å². The number of carboxylic acids is 1. The van der Waals surface area contributed by atoms with E-state index < -0.39 is 5.97 Å². The minimum Gasteiger partial charge on any atom is -0.477 e. The average Bonchev–Trinajstić information content (AvgIpc) is 2.73. The van der Waals surface area contributed by atoms with E-state index in [1.807, 2.05) is 17.8 Å². The Morgan fingerprint density at radius 1 is 1.62 bits per heavy atom. The first-order valence-electron chi connectivity index (χ1n) is 5.21. The average molecular weight is 259 g/mol. The Bertz CT molecular complexity index is 338. The Labute approximate surface area is 104 Å². The van der Waals surface area contributed by atoms with Crippen molar-refractivity contribution in [1.82, 2.24) is 5.32 Å². The first-order valence-corrected chi connectivity index (χ1v) is 7.42. The molecular formula is C11H17NO2S2. The minimum absolute atomic E-state index is 0.412. The van der Waals surface area contributed by atoms with Crippen LogP contribution in [-0.2, 0) is 6.54 Å². The van der Waals surface area contributed by atoms with Crippen LogP contribution >= 0.6 is 23.1 Å². The standard InChI is InChI=1S/C11H17NO2S2/c1-3-8(7-15-2)12-6-9-4-5-10(16-9)11(13)14/h4-5,8,12H,3,6-7H2,1-2H3,(H,13,14). The molecule has 0 amide bonds. The van der Waals surface area contributed by atoms with Gasteiger partial charge in [0, 0.05) is 23.2 Å². The summed E-state index contributed by atoms with van der Waals surface area (Å²) in [5, 5.41) is 12.2. The van der Waals surface area contributed by atoms with Gasteiger partial charge in [-0.15, -0.1) is 11.3 Å². The Balaban J connectivity index is 2.44. The van der Waals surface area contributed by atoms with Crippen LogP contribution in [0.5, 0.6) is 0 Å². The lowest BCUT2D eigenvalue weighted by Crippen LogP contribution is -2.29. The normalized spacial score (nSPS) is 12.6. The maximum Gasteiger partial charge on any atom is 0.345 e. The number of carboxylic acid groups (broad SMARTS) is 1. The van der Waals surface area contributed by atoms with Crippen molar-refractivity contribution in [2.45, 2.75) is 25.9 Å². The first-order chi connectivity index (χ1) is 7.67. The van der Waals surface area contributed by atoms with Gasteiger partial charge in [-0.1, -0.05) is 6.92 Å². The van der Waals surface area contributed by atoms with Crippen molar-refractivity contribution in [3.63, 3.8) is 0 Å². The van der Waals surface area contributed by atoms with E-state index >= 15 is 0 Å². The summed E-state index contributed by atoms with van der Waals surface area (Å²) >= 11 is 3.17. The van der Waals surface area contributed by atoms with Gasteiger partial charge in [-0.05, 0) is 24.8 Å². The molecule has 0 aliphatic rings. The lowest BCUT2D eigenvalue weighted by atomic mass is 10.2. The SMILES string of the molecule is CCC(CSC)NCc1ccc(C(=O)O)s1. The Morgan fingerprint density at radius 3 is 2.88 bits per heavy atom. The summed E-state index contributed by atoms with van der Waals surface area (Å²) in [5.41, 5.74) is 0. The molecule has 0 fully saturated rings. The van der Waals surface area contributed by atoms with Gasteiger partial charge in [0.15, 0.2) is 0 Å². The largest absolute Gasteiger partial charge is 0.477 e. The molecule has 16 heavy (non-hydrogen) atoms. The van der Waals surface area contributed by atoms with Crippen LogP contribution < -0.4 is 5.32 Å². The Morgan fingerprint density at radius 2 is 2.38 bits per heavy atom. The molecule has 0 radical (unpaired) electrons. The fourth-order valence-corrected chi connectivity index (χ4v) is 2.91. The zero-order valence-corrected chi connectivity index (χ0v) is 11.2. The predicted molar refractivity (Wildman–Crippen MR) is 70.6 cm³/mol. The number of rotatable bonds is 7. The number of thiophene rings is 1. The number of aromatic carboxylic acids is 1. The van der Waals surface area contributed by atoms with Gasteiger partial charge in [0.25, 0.3) is 0 Å². The maximum atomic E-state index is 10.7. The third-order valence-corrected chi connectivity index (χ3v) is 4.11. The van der Waals surface area contributed by atoms with Crippen molar-refractivity contribution >= 4 is 29.1 Å². The summed E-state index contributed by atoms with van der Waals surface area (Å²) in [4.78, 5) is 12.2. The monoisotopic (exact) mass is 259 g/mol. The molecule has 0 aliphatic carbocycles.